The fraction of sp³-hybridized carbons (Fsp3) is 0.0345. The molecule has 7 rings (SSSR count). The second kappa shape index (κ2) is 7.04. The third kappa shape index (κ3) is 2.77. The van der Waals surface area contributed by atoms with E-state index in [4.69, 9.17) is 10.2 Å². The van der Waals surface area contributed by atoms with Gasteiger partial charge in [0.1, 0.15) is 11.0 Å². The highest BCUT2D eigenvalue weighted by Crippen LogP contribution is 2.46. The number of benzene rings is 5. The number of aromatic nitrogens is 3. The van der Waals surface area contributed by atoms with Gasteiger partial charge >= 0.3 is 0 Å². The molecule has 1 aromatic heterocycles. The van der Waals surface area contributed by atoms with Gasteiger partial charge in [0, 0.05) is 28.6 Å². The molecule has 5 aromatic carbocycles. The van der Waals surface area contributed by atoms with Gasteiger partial charge in [-0.1, -0.05) is 72.8 Å². The Bertz CT molecular complexity index is 1590. The summed E-state index contributed by atoms with van der Waals surface area (Å²) < 4.78 is 0. The monoisotopic (exact) mass is 424 g/mol. The molecule has 0 radical (unpaired) electrons. The predicted molar refractivity (Wildman–Crippen MR) is 134 cm³/mol. The molecule has 0 saturated heterocycles. The molecule has 0 atom stereocenters. The van der Waals surface area contributed by atoms with Gasteiger partial charge in [0.2, 0.25) is 0 Å². The van der Waals surface area contributed by atoms with Gasteiger partial charge in [0.15, 0.2) is 0 Å². The minimum Gasteiger partial charge on any atom is -0.309 e. The molecule has 2 heterocycles. The molecular weight excluding hydrogens is 404 g/mol. The molecule has 0 aliphatic carbocycles. The molecule has 0 saturated carbocycles. The molecule has 4 nitrogen and oxygen atoms in total. The van der Waals surface area contributed by atoms with Crippen LogP contribution in [-0.4, -0.2) is 15.0 Å². The van der Waals surface area contributed by atoms with Crippen LogP contribution in [-0.2, 0) is 6.42 Å². The van der Waals surface area contributed by atoms with E-state index in [1.807, 2.05) is 24.3 Å². The molecule has 0 unspecified atom stereocenters. The fourth-order valence-corrected chi connectivity index (χ4v) is 4.96. The second-order valence-corrected chi connectivity index (χ2v) is 8.40. The van der Waals surface area contributed by atoms with Gasteiger partial charge < -0.3 is 4.90 Å². The van der Waals surface area contributed by atoms with E-state index in [1.54, 1.807) is 4.80 Å². The van der Waals surface area contributed by atoms with E-state index in [-0.39, 0.29) is 0 Å². The summed E-state index contributed by atoms with van der Waals surface area (Å²) in [6.45, 7) is 0. The van der Waals surface area contributed by atoms with Crippen LogP contribution >= 0.6 is 0 Å². The van der Waals surface area contributed by atoms with Gasteiger partial charge in [-0.3, -0.25) is 0 Å². The zero-order chi connectivity index (χ0) is 21.8. The van der Waals surface area contributed by atoms with Crippen LogP contribution in [0.15, 0.2) is 109 Å². The SMILES string of the molecule is c1ccc2c(c1)Cc1ccccc1N2c1ccc(-n2nc3ccccc3n2)c2ccccc12. The normalized spacial score (nSPS) is 12.7. The van der Waals surface area contributed by atoms with Crippen molar-refractivity contribution in [1.29, 1.82) is 0 Å². The summed E-state index contributed by atoms with van der Waals surface area (Å²) in [5.74, 6) is 0. The Morgan fingerprint density at radius 2 is 0.939 bits per heavy atom. The first-order valence-corrected chi connectivity index (χ1v) is 11.2. The molecule has 0 N–H and O–H groups in total. The average molecular weight is 425 g/mol. The standard InChI is InChI=1S/C29H20N4/c1-7-15-26-20(9-1)19-21-10-2-8-16-27(21)32(26)28-17-18-29(23-12-4-3-11-22(23)28)33-30-24-13-5-6-14-25(24)31-33/h1-18H,19H2. The smallest absolute Gasteiger partial charge is 0.113 e. The average Bonchev–Trinajstić information content (AvgIpc) is 3.31. The van der Waals surface area contributed by atoms with Crippen LogP contribution in [0.4, 0.5) is 17.1 Å². The van der Waals surface area contributed by atoms with Crippen LogP contribution in [0.2, 0.25) is 0 Å². The van der Waals surface area contributed by atoms with E-state index in [1.165, 1.54) is 27.9 Å². The Morgan fingerprint density at radius 1 is 0.455 bits per heavy atom. The molecule has 33 heavy (non-hydrogen) atoms. The van der Waals surface area contributed by atoms with E-state index in [2.05, 4.69) is 89.8 Å². The van der Waals surface area contributed by atoms with Crippen molar-refractivity contribution in [2.45, 2.75) is 6.42 Å². The van der Waals surface area contributed by atoms with E-state index in [9.17, 15) is 0 Å². The van der Waals surface area contributed by atoms with Crippen molar-refractivity contribution in [1.82, 2.24) is 15.0 Å². The summed E-state index contributed by atoms with van der Waals surface area (Å²) in [7, 11) is 0. The first kappa shape index (κ1) is 18.2. The zero-order valence-corrected chi connectivity index (χ0v) is 17.9. The lowest BCUT2D eigenvalue weighted by atomic mass is 9.94. The van der Waals surface area contributed by atoms with Gasteiger partial charge in [-0.15, -0.1) is 15.0 Å². The fourth-order valence-electron chi connectivity index (χ4n) is 4.96. The van der Waals surface area contributed by atoms with Crippen molar-refractivity contribution >= 4 is 38.9 Å². The first-order chi connectivity index (χ1) is 16.4. The quantitative estimate of drug-likeness (QED) is 0.301. The molecule has 0 bridgehead atoms. The Hall–Kier alpha value is -4.44. The predicted octanol–water partition coefficient (Wildman–Crippen LogP) is 6.95. The van der Waals surface area contributed by atoms with E-state index in [0.717, 1.165) is 34.2 Å². The molecule has 1 aliphatic heterocycles. The van der Waals surface area contributed by atoms with Crippen molar-refractivity contribution in [2.24, 2.45) is 0 Å². The summed E-state index contributed by atoms with van der Waals surface area (Å²) in [5, 5.41) is 11.8. The first-order valence-electron chi connectivity index (χ1n) is 11.2. The minimum absolute atomic E-state index is 0.893. The topological polar surface area (TPSA) is 34.0 Å². The third-order valence-electron chi connectivity index (χ3n) is 6.47. The Morgan fingerprint density at radius 3 is 1.58 bits per heavy atom. The minimum atomic E-state index is 0.893. The van der Waals surface area contributed by atoms with E-state index in [0.29, 0.717) is 0 Å². The maximum atomic E-state index is 4.74. The lowest BCUT2D eigenvalue weighted by Crippen LogP contribution is -2.18. The number of hydrogen-bond acceptors (Lipinski definition) is 3. The lowest BCUT2D eigenvalue weighted by molar-refractivity contribution is 0.771. The van der Waals surface area contributed by atoms with Gasteiger partial charge in [-0.05, 0) is 47.5 Å². The molecule has 4 heteroatoms. The van der Waals surface area contributed by atoms with Crippen LogP contribution in [0.25, 0.3) is 27.5 Å². The van der Waals surface area contributed by atoms with Crippen molar-refractivity contribution in [3.63, 3.8) is 0 Å². The third-order valence-corrected chi connectivity index (χ3v) is 6.47. The van der Waals surface area contributed by atoms with Gasteiger partial charge in [0.05, 0.1) is 11.4 Å². The number of anilines is 3. The molecule has 0 fully saturated rings. The molecule has 156 valence electrons. The van der Waals surface area contributed by atoms with Gasteiger partial charge in [-0.25, -0.2) is 0 Å². The summed E-state index contributed by atoms with van der Waals surface area (Å²) in [6, 6.07) is 38.2. The summed E-state index contributed by atoms with van der Waals surface area (Å²) in [4.78, 5) is 4.15. The molecular formula is C29H20N4. The molecule has 0 spiro atoms. The van der Waals surface area contributed by atoms with Crippen LogP contribution in [0.5, 0.6) is 0 Å². The largest absolute Gasteiger partial charge is 0.309 e. The van der Waals surface area contributed by atoms with E-state index < -0.39 is 0 Å². The van der Waals surface area contributed by atoms with E-state index >= 15 is 0 Å². The number of fused-ring (bicyclic) bond motifs is 4. The second-order valence-electron chi connectivity index (χ2n) is 8.40. The Kier molecular flexibility index (Phi) is 3.87. The number of nitrogens with zero attached hydrogens (tertiary/aromatic N) is 4. The van der Waals surface area contributed by atoms with Crippen LogP contribution in [0.1, 0.15) is 11.1 Å². The van der Waals surface area contributed by atoms with Crippen LogP contribution in [0.3, 0.4) is 0 Å². The molecule has 1 aliphatic rings. The summed E-state index contributed by atoms with van der Waals surface area (Å²) in [6.07, 6.45) is 0.947. The van der Waals surface area contributed by atoms with Gasteiger partial charge in [0.25, 0.3) is 0 Å². The lowest BCUT2D eigenvalue weighted by Gasteiger charge is -2.34. The number of rotatable bonds is 2. The summed E-state index contributed by atoms with van der Waals surface area (Å²) >= 11 is 0. The van der Waals surface area contributed by atoms with Crippen molar-refractivity contribution in [3.8, 4) is 5.69 Å². The zero-order valence-electron chi connectivity index (χ0n) is 17.9. The highest BCUT2D eigenvalue weighted by molar-refractivity contribution is 6.03. The van der Waals surface area contributed by atoms with Crippen molar-refractivity contribution in [3.05, 3.63) is 120 Å². The van der Waals surface area contributed by atoms with Crippen LogP contribution < -0.4 is 4.90 Å². The van der Waals surface area contributed by atoms with Crippen molar-refractivity contribution < 1.29 is 0 Å². The molecule has 0 amide bonds. The highest BCUT2D eigenvalue weighted by atomic mass is 15.5. The molecule has 6 aromatic rings. The summed E-state index contributed by atoms with van der Waals surface area (Å²) in [5.41, 5.74) is 9.06. The Balaban J connectivity index is 1.49. The Labute approximate surface area is 191 Å². The van der Waals surface area contributed by atoms with Crippen molar-refractivity contribution in [2.75, 3.05) is 4.90 Å². The number of para-hydroxylation sites is 2. The maximum absolute atomic E-state index is 4.74. The number of hydrogen-bond donors (Lipinski definition) is 0. The van der Waals surface area contributed by atoms with Gasteiger partial charge in [-0.2, -0.15) is 0 Å². The van der Waals surface area contributed by atoms with Crippen LogP contribution in [0, 0.1) is 0 Å². The highest BCUT2D eigenvalue weighted by Gasteiger charge is 2.25. The maximum Gasteiger partial charge on any atom is 0.113 e.